The molecule has 28 heavy (non-hydrogen) atoms. The van der Waals surface area contributed by atoms with Crippen LogP contribution in [-0.2, 0) is 11.3 Å². The number of amides is 1. The van der Waals surface area contributed by atoms with Gasteiger partial charge in [-0.25, -0.2) is 4.98 Å². The van der Waals surface area contributed by atoms with Gasteiger partial charge >= 0.3 is 0 Å². The number of carbonyl (C=O) groups is 2. The van der Waals surface area contributed by atoms with Gasteiger partial charge in [-0.05, 0) is 37.1 Å². The number of para-hydroxylation sites is 3. The number of aromatic nitrogens is 2. The lowest BCUT2D eigenvalue weighted by Gasteiger charge is -2.32. The van der Waals surface area contributed by atoms with E-state index in [-0.39, 0.29) is 24.2 Å². The van der Waals surface area contributed by atoms with Crippen LogP contribution in [0.4, 0.5) is 0 Å². The van der Waals surface area contributed by atoms with Gasteiger partial charge in [0.15, 0.2) is 5.78 Å². The molecule has 1 unspecified atom stereocenters. The van der Waals surface area contributed by atoms with Gasteiger partial charge < -0.3 is 14.2 Å². The van der Waals surface area contributed by atoms with Crippen LogP contribution in [0.3, 0.4) is 0 Å². The largest absolute Gasteiger partial charge is 0.496 e. The van der Waals surface area contributed by atoms with Gasteiger partial charge in [0.25, 0.3) is 0 Å². The fraction of sp³-hybridized carbons (Fsp3) is 0.318. The molecule has 1 fully saturated rings. The Kier molecular flexibility index (Phi) is 5.10. The van der Waals surface area contributed by atoms with Crippen molar-refractivity contribution in [2.45, 2.75) is 19.4 Å². The van der Waals surface area contributed by atoms with Crippen molar-refractivity contribution in [3.8, 4) is 5.75 Å². The summed E-state index contributed by atoms with van der Waals surface area (Å²) in [5.74, 6) is 0.443. The monoisotopic (exact) mass is 377 g/mol. The highest BCUT2D eigenvalue weighted by Gasteiger charge is 2.30. The number of ether oxygens (including phenoxy) is 1. The topological polar surface area (TPSA) is 64.4 Å². The van der Waals surface area contributed by atoms with Crippen molar-refractivity contribution in [1.29, 1.82) is 0 Å². The van der Waals surface area contributed by atoms with E-state index < -0.39 is 0 Å². The number of ketones is 1. The lowest BCUT2D eigenvalue weighted by Crippen LogP contribution is -2.43. The predicted molar refractivity (Wildman–Crippen MR) is 106 cm³/mol. The molecule has 3 aromatic rings. The number of Topliss-reactive ketones (excluding diaryl/α,β-unsaturated/α-hetero) is 1. The van der Waals surface area contributed by atoms with Crippen LogP contribution in [0, 0.1) is 5.92 Å². The molecule has 0 radical (unpaired) electrons. The summed E-state index contributed by atoms with van der Waals surface area (Å²) in [5, 5.41) is 0. The quantitative estimate of drug-likeness (QED) is 0.641. The Morgan fingerprint density at radius 2 is 1.93 bits per heavy atom. The van der Waals surface area contributed by atoms with E-state index in [9.17, 15) is 9.59 Å². The summed E-state index contributed by atoms with van der Waals surface area (Å²) in [7, 11) is 1.57. The summed E-state index contributed by atoms with van der Waals surface area (Å²) in [4.78, 5) is 32.0. The van der Waals surface area contributed by atoms with Gasteiger partial charge in [-0.1, -0.05) is 24.3 Å². The second kappa shape index (κ2) is 7.84. The number of methoxy groups -OCH3 is 1. The fourth-order valence-electron chi connectivity index (χ4n) is 3.87. The summed E-state index contributed by atoms with van der Waals surface area (Å²) in [5.41, 5.74) is 2.40. The van der Waals surface area contributed by atoms with Crippen molar-refractivity contribution >= 4 is 22.7 Å². The molecule has 2 heterocycles. The number of nitrogens with zero attached hydrogens (tertiary/aromatic N) is 3. The van der Waals surface area contributed by atoms with Crippen molar-refractivity contribution < 1.29 is 14.3 Å². The van der Waals surface area contributed by atoms with Crippen LogP contribution in [0.2, 0.25) is 0 Å². The van der Waals surface area contributed by atoms with Crippen LogP contribution in [0.25, 0.3) is 11.0 Å². The minimum Gasteiger partial charge on any atom is -0.496 e. The molecule has 1 amide bonds. The van der Waals surface area contributed by atoms with E-state index in [0.717, 1.165) is 23.9 Å². The van der Waals surface area contributed by atoms with Gasteiger partial charge in [0.05, 0.1) is 30.0 Å². The number of piperidine rings is 1. The molecule has 4 rings (SSSR count). The average molecular weight is 377 g/mol. The van der Waals surface area contributed by atoms with E-state index in [4.69, 9.17) is 4.74 Å². The van der Waals surface area contributed by atoms with E-state index in [2.05, 4.69) is 4.98 Å². The van der Waals surface area contributed by atoms with Crippen LogP contribution in [0.1, 0.15) is 23.2 Å². The number of benzene rings is 2. The normalized spacial score (nSPS) is 16.9. The molecule has 1 saturated heterocycles. The molecule has 1 aliphatic heterocycles. The van der Waals surface area contributed by atoms with Crippen molar-refractivity contribution in [3.05, 3.63) is 60.4 Å². The predicted octanol–water partition coefficient (Wildman–Crippen LogP) is 3.17. The van der Waals surface area contributed by atoms with Gasteiger partial charge in [-0.3, -0.25) is 9.59 Å². The number of likely N-dealkylation sites (tertiary alicyclic amines) is 1. The molecule has 0 aliphatic carbocycles. The molecule has 6 nitrogen and oxygen atoms in total. The Labute approximate surface area is 163 Å². The fourth-order valence-corrected chi connectivity index (χ4v) is 3.87. The standard InChI is InChI=1S/C22H23N3O3/c1-28-20-11-5-2-8-17(20)22(27)16-7-6-12-24(13-16)21(26)14-25-15-23-18-9-3-4-10-19(18)25/h2-5,8-11,15-16H,6-7,12-14H2,1H3. The Morgan fingerprint density at radius 1 is 1.14 bits per heavy atom. The summed E-state index contributed by atoms with van der Waals surface area (Å²) in [6.45, 7) is 1.36. The first kappa shape index (κ1) is 18.2. The van der Waals surface area contributed by atoms with Crippen molar-refractivity contribution in [1.82, 2.24) is 14.5 Å². The van der Waals surface area contributed by atoms with Crippen LogP contribution >= 0.6 is 0 Å². The first-order valence-electron chi connectivity index (χ1n) is 9.52. The molecule has 0 bridgehead atoms. The number of fused-ring (bicyclic) bond motifs is 1. The zero-order valence-corrected chi connectivity index (χ0v) is 15.9. The molecule has 6 heteroatoms. The smallest absolute Gasteiger partial charge is 0.242 e. The molecule has 0 spiro atoms. The summed E-state index contributed by atoms with van der Waals surface area (Å²) < 4.78 is 7.20. The van der Waals surface area contributed by atoms with E-state index >= 15 is 0 Å². The second-order valence-corrected chi connectivity index (χ2v) is 7.10. The second-order valence-electron chi connectivity index (χ2n) is 7.10. The van der Waals surface area contributed by atoms with Crippen LogP contribution in [0.15, 0.2) is 54.9 Å². The van der Waals surface area contributed by atoms with Crippen LogP contribution in [0.5, 0.6) is 5.75 Å². The maximum Gasteiger partial charge on any atom is 0.242 e. The van der Waals surface area contributed by atoms with E-state index in [1.807, 2.05) is 41.0 Å². The van der Waals surface area contributed by atoms with Crippen molar-refractivity contribution in [2.75, 3.05) is 20.2 Å². The SMILES string of the molecule is COc1ccccc1C(=O)C1CCCN(C(=O)Cn2cnc3ccccc32)C1. The Hall–Kier alpha value is -3.15. The third-order valence-electron chi connectivity index (χ3n) is 5.35. The minimum atomic E-state index is -0.200. The van der Waals surface area contributed by atoms with Gasteiger partial charge in [0.2, 0.25) is 5.91 Å². The Balaban J connectivity index is 1.47. The van der Waals surface area contributed by atoms with Gasteiger partial charge in [-0.15, -0.1) is 0 Å². The maximum atomic E-state index is 13.0. The third kappa shape index (κ3) is 3.50. The highest BCUT2D eigenvalue weighted by Crippen LogP contribution is 2.26. The highest BCUT2D eigenvalue weighted by atomic mass is 16.5. The summed E-state index contributed by atoms with van der Waals surface area (Å²) >= 11 is 0. The number of imidazole rings is 1. The molecular formula is C22H23N3O3. The Morgan fingerprint density at radius 3 is 2.79 bits per heavy atom. The zero-order valence-electron chi connectivity index (χ0n) is 15.9. The molecule has 2 aromatic carbocycles. The number of hydrogen-bond acceptors (Lipinski definition) is 4. The highest BCUT2D eigenvalue weighted by molar-refractivity contribution is 6.00. The first-order chi connectivity index (χ1) is 13.7. The molecule has 1 aromatic heterocycles. The van der Waals surface area contributed by atoms with Crippen molar-refractivity contribution in [2.24, 2.45) is 5.92 Å². The first-order valence-corrected chi connectivity index (χ1v) is 9.52. The van der Waals surface area contributed by atoms with Gasteiger partial charge in [0.1, 0.15) is 12.3 Å². The van der Waals surface area contributed by atoms with E-state index in [0.29, 0.717) is 24.4 Å². The summed E-state index contributed by atoms with van der Waals surface area (Å²) in [6, 6.07) is 15.0. The molecule has 1 atom stereocenters. The number of rotatable bonds is 5. The number of hydrogen-bond donors (Lipinski definition) is 0. The minimum absolute atomic E-state index is 0.0145. The van der Waals surface area contributed by atoms with E-state index in [1.54, 1.807) is 30.5 Å². The zero-order chi connectivity index (χ0) is 19.5. The van der Waals surface area contributed by atoms with Crippen LogP contribution < -0.4 is 4.74 Å². The molecular weight excluding hydrogens is 354 g/mol. The summed E-state index contributed by atoms with van der Waals surface area (Å²) in [6.07, 6.45) is 3.31. The third-order valence-corrected chi connectivity index (χ3v) is 5.35. The molecule has 144 valence electrons. The molecule has 1 aliphatic rings. The van der Waals surface area contributed by atoms with E-state index in [1.165, 1.54) is 0 Å². The lowest BCUT2D eigenvalue weighted by atomic mass is 9.89. The van der Waals surface area contributed by atoms with Crippen LogP contribution in [-0.4, -0.2) is 46.3 Å². The average Bonchev–Trinajstić information content (AvgIpc) is 3.16. The van der Waals surface area contributed by atoms with Gasteiger partial charge in [0, 0.05) is 19.0 Å². The number of carbonyl (C=O) groups excluding carboxylic acids is 2. The lowest BCUT2D eigenvalue weighted by molar-refractivity contribution is -0.133. The molecule has 0 N–H and O–H groups in total. The maximum absolute atomic E-state index is 13.0. The Bertz CT molecular complexity index is 1010. The molecule has 0 saturated carbocycles. The van der Waals surface area contributed by atoms with Gasteiger partial charge in [-0.2, -0.15) is 0 Å². The van der Waals surface area contributed by atoms with Crippen molar-refractivity contribution in [3.63, 3.8) is 0 Å².